The van der Waals surface area contributed by atoms with Gasteiger partial charge >= 0.3 is 11.7 Å². The molecule has 0 aliphatic heterocycles. The van der Waals surface area contributed by atoms with E-state index in [0.717, 1.165) is 4.57 Å². The minimum atomic E-state index is -1.11. The molecule has 0 aliphatic rings. The van der Waals surface area contributed by atoms with Gasteiger partial charge in [0.1, 0.15) is 6.54 Å². The minimum absolute atomic E-state index is 0.163. The van der Waals surface area contributed by atoms with Gasteiger partial charge in [-0.1, -0.05) is 6.07 Å². The molecule has 2 N–H and O–H groups in total. The Morgan fingerprint density at radius 1 is 1.44 bits per heavy atom. The van der Waals surface area contributed by atoms with Crippen molar-refractivity contribution in [1.29, 1.82) is 0 Å². The first-order valence-electron chi connectivity index (χ1n) is 4.56. The van der Waals surface area contributed by atoms with Gasteiger partial charge in [0.05, 0.1) is 12.1 Å². The van der Waals surface area contributed by atoms with Crippen molar-refractivity contribution in [2.75, 3.05) is 0 Å². The molecule has 0 amide bonds. The highest BCUT2D eigenvalue weighted by molar-refractivity contribution is 5.76. The molecule has 2 rings (SSSR count). The lowest BCUT2D eigenvalue weighted by molar-refractivity contribution is -0.137. The molecule has 6 heteroatoms. The van der Waals surface area contributed by atoms with E-state index in [0.29, 0.717) is 11.1 Å². The SMILES string of the molecule is O=C(O)Cn1c(=O)oc2cc(CO)ccc21. The highest BCUT2D eigenvalue weighted by atomic mass is 16.4. The maximum Gasteiger partial charge on any atom is 0.420 e. The first kappa shape index (κ1) is 10.4. The van der Waals surface area contributed by atoms with Crippen molar-refractivity contribution in [1.82, 2.24) is 4.57 Å². The molecule has 1 aromatic heterocycles. The number of nitrogens with zero attached hydrogens (tertiary/aromatic N) is 1. The van der Waals surface area contributed by atoms with Gasteiger partial charge in [0.25, 0.3) is 0 Å². The van der Waals surface area contributed by atoms with Crippen LogP contribution >= 0.6 is 0 Å². The fraction of sp³-hybridized carbons (Fsp3) is 0.200. The predicted molar refractivity (Wildman–Crippen MR) is 54.0 cm³/mol. The molecule has 0 radical (unpaired) electrons. The van der Waals surface area contributed by atoms with Gasteiger partial charge in [-0.05, 0) is 17.7 Å². The fourth-order valence-electron chi connectivity index (χ4n) is 1.49. The summed E-state index contributed by atoms with van der Waals surface area (Å²) < 4.78 is 5.90. The van der Waals surface area contributed by atoms with Gasteiger partial charge in [-0.2, -0.15) is 0 Å². The lowest BCUT2D eigenvalue weighted by Crippen LogP contribution is -2.19. The molecule has 0 atom stereocenters. The Balaban J connectivity index is 2.62. The number of aliphatic hydroxyl groups excluding tert-OH is 1. The number of aromatic nitrogens is 1. The monoisotopic (exact) mass is 223 g/mol. The van der Waals surface area contributed by atoms with Crippen LogP contribution in [0.4, 0.5) is 0 Å². The minimum Gasteiger partial charge on any atom is -0.480 e. The third-order valence-corrected chi connectivity index (χ3v) is 2.21. The van der Waals surface area contributed by atoms with Gasteiger partial charge in [-0.25, -0.2) is 4.79 Å². The summed E-state index contributed by atoms with van der Waals surface area (Å²) in [5.41, 5.74) is 1.28. The number of rotatable bonds is 3. The lowest BCUT2D eigenvalue weighted by atomic mass is 10.2. The smallest absolute Gasteiger partial charge is 0.420 e. The van der Waals surface area contributed by atoms with Crippen molar-refractivity contribution in [3.63, 3.8) is 0 Å². The Bertz CT molecular complexity index is 595. The number of hydrogen-bond donors (Lipinski definition) is 2. The van der Waals surface area contributed by atoms with E-state index in [1.165, 1.54) is 6.07 Å². The Kier molecular flexibility index (Phi) is 2.49. The Morgan fingerprint density at radius 2 is 2.19 bits per heavy atom. The number of aliphatic hydroxyl groups is 1. The molecule has 2 aromatic rings. The van der Waals surface area contributed by atoms with Crippen LogP contribution in [0.15, 0.2) is 27.4 Å². The molecule has 0 fully saturated rings. The maximum atomic E-state index is 11.3. The zero-order chi connectivity index (χ0) is 11.7. The van der Waals surface area contributed by atoms with Crippen molar-refractivity contribution in [2.45, 2.75) is 13.2 Å². The predicted octanol–water partition coefficient (Wildman–Crippen LogP) is 0.171. The van der Waals surface area contributed by atoms with Crippen LogP contribution in [0.3, 0.4) is 0 Å². The van der Waals surface area contributed by atoms with E-state index in [1.807, 2.05) is 0 Å². The van der Waals surface area contributed by atoms with Crippen LogP contribution in [0.1, 0.15) is 5.56 Å². The summed E-state index contributed by atoms with van der Waals surface area (Å²) in [6, 6.07) is 4.67. The quantitative estimate of drug-likeness (QED) is 0.773. The number of aliphatic carboxylic acids is 1. The first-order chi connectivity index (χ1) is 7.61. The topological polar surface area (TPSA) is 92.7 Å². The fourth-order valence-corrected chi connectivity index (χ4v) is 1.49. The molecule has 6 nitrogen and oxygen atoms in total. The number of oxazole rings is 1. The van der Waals surface area contributed by atoms with E-state index >= 15 is 0 Å². The third-order valence-electron chi connectivity index (χ3n) is 2.21. The Morgan fingerprint density at radius 3 is 2.81 bits per heavy atom. The summed E-state index contributed by atoms with van der Waals surface area (Å²) in [6.07, 6.45) is 0. The Hall–Kier alpha value is -2.08. The second-order valence-corrected chi connectivity index (χ2v) is 3.31. The first-order valence-corrected chi connectivity index (χ1v) is 4.56. The molecule has 0 bridgehead atoms. The molecule has 0 unspecified atom stereocenters. The summed E-state index contributed by atoms with van der Waals surface area (Å²) in [6.45, 7) is -0.603. The second-order valence-electron chi connectivity index (χ2n) is 3.31. The maximum absolute atomic E-state index is 11.3. The standard InChI is InChI=1S/C10H9NO5/c12-5-6-1-2-7-8(3-6)16-10(15)11(7)4-9(13)14/h1-3,12H,4-5H2,(H,13,14). The van der Waals surface area contributed by atoms with Crippen LogP contribution in [0, 0.1) is 0 Å². The van der Waals surface area contributed by atoms with E-state index in [9.17, 15) is 9.59 Å². The number of benzene rings is 1. The number of carbonyl (C=O) groups is 1. The molecule has 1 aromatic carbocycles. The van der Waals surface area contributed by atoms with E-state index in [2.05, 4.69) is 0 Å². The van der Waals surface area contributed by atoms with Crippen molar-refractivity contribution in [3.05, 3.63) is 34.3 Å². The van der Waals surface area contributed by atoms with Gasteiger partial charge in [0.2, 0.25) is 0 Å². The van der Waals surface area contributed by atoms with Crippen LogP contribution in [-0.4, -0.2) is 20.7 Å². The number of fused-ring (bicyclic) bond motifs is 1. The highest BCUT2D eigenvalue weighted by Gasteiger charge is 2.11. The molecular weight excluding hydrogens is 214 g/mol. The zero-order valence-electron chi connectivity index (χ0n) is 8.21. The molecule has 0 saturated heterocycles. The van der Waals surface area contributed by atoms with Crippen LogP contribution in [0.5, 0.6) is 0 Å². The summed E-state index contributed by atoms with van der Waals surface area (Å²) >= 11 is 0. The molecule has 0 aliphatic carbocycles. The van der Waals surface area contributed by atoms with Crippen LogP contribution < -0.4 is 5.76 Å². The average molecular weight is 223 g/mol. The van der Waals surface area contributed by atoms with Crippen molar-refractivity contribution < 1.29 is 19.4 Å². The molecule has 0 spiro atoms. The van der Waals surface area contributed by atoms with Gasteiger partial charge in [0, 0.05) is 0 Å². The number of carboxylic acid groups (broad SMARTS) is 1. The van der Waals surface area contributed by atoms with Gasteiger partial charge in [0.15, 0.2) is 5.58 Å². The average Bonchev–Trinajstić information content (AvgIpc) is 2.54. The molecular formula is C10H9NO5. The van der Waals surface area contributed by atoms with Gasteiger partial charge < -0.3 is 14.6 Å². The molecule has 1 heterocycles. The highest BCUT2D eigenvalue weighted by Crippen LogP contribution is 2.15. The number of hydrogen-bond acceptors (Lipinski definition) is 4. The second kappa shape index (κ2) is 3.82. The van der Waals surface area contributed by atoms with E-state index < -0.39 is 18.3 Å². The zero-order valence-corrected chi connectivity index (χ0v) is 8.21. The molecule has 84 valence electrons. The van der Waals surface area contributed by atoms with E-state index in [4.69, 9.17) is 14.6 Å². The largest absolute Gasteiger partial charge is 0.480 e. The number of carboxylic acids is 1. The Labute approximate surface area is 89.3 Å². The van der Waals surface area contributed by atoms with E-state index in [1.54, 1.807) is 12.1 Å². The van der Waals surface area contributed by atoms with Gasteiger partial charge in [-0.3, -0.25) is 9.36 Å². The van der Waals surface area contributed by atoms with Crippen molar-refractivity contribution in [3.8, 4) is 0 Å². The van der Waals surface area contributed by atoms with E-state index in [-0.39, 0.29) is 12.2 Å². The molecule has 16 heavy (non-hydrogen) atoms. The van der Waals surface area contributed by atoms with Gasteiger partial charge in [-0.15, -0.1) is 0 Å². The van der Waals surface area contributed by atoms with Crippen molar-refractivity contribution in [2.24, 2.45) is 0 Å². The van der Waals surface area contributed by atoms with Crippen LogP contribution in [-0.2, 0) is 17.9 Å². The summed E-state index contributed by atoms with van der Waals surface area (Å²) in [5, 5.41) is 17.5. The van der Waals surface area contributed by atoms with Crippen LogP contribution in [0.2, 0.25) is 0 Å². The summed E-state index contributed by atoms with van der Waals surface area (Å²) in [5.74, 6) is -1.83. The van der Waals surface area contributed by atoms with Crippen molar-refractivity contribution >= 4 is 17.1 Å². The summed E-state index contributed by atoms with van der Waals surface area (Å²) in [7, 11) is 0. The normalized spacial score (nSPS) is 10.8. The lowest BCUT2D eigenvalue weighted by Gasteiger charge is -1.98. The van der Waals surface area contributed by atoms with Crippen LogP contribution in [0.25, 0.3) is 11.1 Å². The molecule has 0 saturated carbocycles. The third kappa shape index (κ3) is 1.70. The summed E-state index contributed by atoms with van der Waals surface area (Å²) in [4.78, 5) is 21.9.